The van der Waals surface area contributed by atoms with Crippen LogP contribution in [0.3, 0.4) is 0 Å². The van der Waals surface area contributed by atoms with Gasteiger partial charge in [0.1, 0.15) is 0 Å². The first-order valence-electron chi connectivity index (χ1n) is 6.53. The Labute approximate surface area is 102 Å². The van der Waals surface area contributed by atoms with Gasteiger partial charge in [-0.1, -0.05) is 19.8 Å². The van der Waals surface area contributed by atoms with E-state index in [1.807, 2.05) is 0 Å². The monoisotopic (exact) mass is 246 g/mol. The van der Waals surface area contributed by atoms with E-state index in [0.717, 1.165) is 37.7 Å². The maximum atomic E-state index is 11.2. The number of nitrogens with one attached hydrogen (secondary N) is 1. The van der Waals surface area contributed by atoms with Gasteiger partial charge in [0.2, 0.25) is 0 Å². The van der Waals surface area contributed by atoms with Crippen LogP contribution in [0.2, 0.25) is 0 Å². The molecule has 0 aromatic carbocycles. The molecule has 1 aliphatic heterocycles. The third kappa shape index (κ3) is 5.41. The molecule has 1 fully saturated rings. The predicted molar refractivity (Wildman–Crippen MR) is 71.3 cm³/mol. The Hall–Kier alpha value is 0.0700. The van der Waals surface area contributed by atoms with Crippen molar-refractivity contribution < 1.29 is 4.21 Å². The van der Waals surface area contributed by atoms with E-state index in [0.29, 0.717) is 6.04 Å². The minimum absolute atomic E-state index is 0.550. The fourth-order valence-electron chi connectivity index (χ4n) is 2.03. The largest absolute Gasteiger partial charge is 0.315 e. The van der Waals surface area contributed by atoms with Crippen molar-refractivity contribution >= 4 is 10.8 Å². The smallest absolute Gasteiger partial charge is 0.0363 e. The van der Waals surface area contributed by atoms with Crippen LogP contribution in [0, 0.1) is 0 Å². The molecule has 16 heavy (non-hydrogen) atoms. The Bertz CT molecular complexity index is 201. The number of hydrogen-bond donors (Lipinski definition) is 1. The van der Waals surface area contributed by atoms with Crippen molar-refractivity contribution in [2.24, 2.45) is 0 Å². The molecule has 0 saturated carbocycles. The average molecular weight is 246 g/mol. The van der Waals surface area contributed by atoms with Crippen molar-refractivity contribution in [3.63, 3.8) is 0 Å². The zero-order valence-electron chi connectivity index (χ0n) is 10.7. The second kappa shape index (κ2) is 8.20. The molecule has 0 aromatic rings. The van der Waals surface area contributed by atoms with Crippen molar-refractivity contribution in [3.8, 4) is 0 Å². The van der Waals surface area contributed by atoms with Gasteiger partial charge in [-0.3, -0.25) is 9.11 Å². The van der Waals surface area contributed by atoms with E-state index < -0.39 is 10.8 Å². The van der Waals surface area contributed by atoms with Crippen LogP contribution in [-0.4, -0.2) is 52.8 Å². The molecule has 0 spiro atoms. The van der Waals surface area contributed by atoms with Crippen LogP contribution in [0.4, 0.5) is 0 Å². The van der Waals surface area contributed by atoms with E-state index in [-0.39, 0.29) is 0 Å². The first-order valence-corrected chi connectivity index (χ1v) is 8.02. The van der Waals surface area contributed by atoms with Crippen molar-refractivity contribution in [1.82, 2.24) is 10.2 Å². The number of rotatable bonds is 7. The lowest BCUT2D eigenvalue weighted by atomic mass is 10.2. The Morgan fingerprint density at radius 2 is 2.00 bits per heavy atom. The van der Waals surface area contributed by atoms with Gasteiger partial charge < -0.3 is 5.32 Å². The van der Waals surface area contributed by atoms with Gasteiger partial charge >= 0.3 is 0 Å². The van der Waals surface area contributed by atoms with Crippen LogP contribution in [0.15, 0.2) is 0 Å². The molecule has 1 unspecified atom stereocenters. The summed E-state index contributed by atoms with van der Waals surface area (Å²) in [5, 5.41) is 3.51. The topological polar surface area (TPSA) is 32.3 Å². The maximum absolute atomic E-state index is 11.2. The molecule has 1 aliphatic rings. The van der Waals surface area contributed by atoms with Crippen molar-refractivity contribution in [2.45, 2.75) is 39.2 Å². The molecule has 1 saturated heterocycles. The molecule has 0 radical (unpaired) electrons. The zero-order chi connectivity index (χ0) is 11.8. The average Bonchev–Trinajstić information content (AvgIpc) is 2.29. The SMILES string of the molecule is CCCCCNCC(C)N1CCS(=O)CC1. The highest BCUT2D eigenvalue weighted by Crippen LogP contribution is 2.04. The molecule has 1 rings (SSSR count). The number of hydrogen-bond acceptors (Lipinski definition) is 3. The molecule has 1 atom stereocenters. The fourth-order valence-corrected chi connectivity index (χ4v) is 3.11. The second-order valence-electron chi connectivity index (χ2n) is 4.64. The zero-order valence-corrected chi connectivity index (χ0v) is 11.5. The van der Waals surface area contributed by atoms with Gasteiger partial charge in [0.25, 0.3) is 0 Å². The van der Waals surface area contributed by atoms with Crippen LogP contribution in [0.1, 0.15) is 33.1 Å². The summed E-state index contributed by atoms with van der Waals surface area (Å²) in [5.41, 5.74) is 0. The summed E-state index contributed by atoms with van der Waals surface area (Å²) in [6.07, 6.45) is 3.90. The molecule has 1 heterocycles. The lowest BCUT2D eigenvalue weighted by molar-refractivity contribution is 0.223. The summed E-state index contributed by atoms with van der Waals surface area (Å²) in [5.74, 6) is 1.72. The van der Waals surface area contributed by atoms with E-state index in [1.165, 1.54) is 19.3 Å². The quantitative estimate of drug-likeness (QED) is 0.686. The normalized spacial score (nSPS) is 21.1. The molecule has 4 heteroatoms. The first kappa shape index (κ1) is 14.1. The second-order valence-corrected chi connectivity index (χ2v) is 6.34. The van der Waals surface area contributed by atoms with Gasteiger partial charge in [-0.15, -0.1) is 0 Å². The molecule has 0 aromatic heterocycles. The fraction of sp³-hybridized carbons (Fsp3) is 1.00. The summed E-state index contributed by atoms with van der Waals surface area (Å²) < 4.78 is 11.2. The van der Waals surface area contributed by atoms with Crippen LogP contribution in [0.25, 0.3) is 0 Å². The third-order valence-electron chi connectivity index (χ3n) is 3.23. The Morgan fingerprint density at radius 1 is 1.31 bits per heavy atom. The Kier molecular flexibility index (Phi) is 7.25. The molecule has 3 nitrogen and oxygen atoms in total. The van der Waals surface area contributed by atoms with E-state index in [2.05, 4.69) is 24.1 Å². The van der Waals surface area contributed by atoms with Gasteiger partial charge in [-0.2, -0.15) is 0 Å². The highest BCUT2D eigenvalue weighted by molar-refractivity contribution is 7.85. The van der Waals surface area contributed by atoms with E-state index >= 15 is 0 Å². The van der Waals surface area contributed by atoms with Gasteiger partial charge in [0.15, 0.2) is 0 Å². The van der Waals surface area contributed by atoms with Gasteiger partial charge in [-0.25, -0.2) is 0 Å². The minimum Gasteiger partial charge on any atom is -0.315 e. The van der Waals surface area contributed by atoms with Crippen LogP contribution in [0.5, 0.6) is 0 Å². The van der Waals surface area contributed by atoms with Crippen LogP contribution in [-0.2, 0) is 10.8 Å². The molecular weight excluding hydrogens is 220 g/mol. The maximum Gasteiger partial charge on any atom is 0.0363 e. The van der Waals surface area contributed by atoms with Crippen molar-refractivity contribution in [2.75, 3.05) is 37.7 Å². The minimum atomic E-state index is -0.550. The summed E-state index contributed by atoms with van der Waals surface area (Å²) in [7, 11) is -0.550. The standard InChI is InChI=1S/C12H26N2OS/c1-3-4-5-6-13-11-12(2)14-7-9-16(15)10-8-14/h12-13H,3-11H2,1-2H3. The van der Waals surface area contributed by atoms with Gasteiger partial charge in [-0.05, 0) is 19.9 Å². The van der Waals surface area contributed by atoms with Gasteiger partial charge in [0.05, 0.1) is 0 Å². The summed E-state index contributed by atoms with van der Waals surface area (Å²) in [4.78, 5) is 2.45. The molecule has 0 aliphatic carbocycles. The Morgan fingerprint density at radius 3 is 2.62 bits per heavy atom. The molecule has 0 amide bonds. The number of unbranched alkanes of at least 4 members (excludes halogenated alkanes) is 2. The van der Waals surface area contributed by atoms with Crippen LogP contribution < -0.4 is 5.32 Å². The van der Waals surface area contributed by atoms with E-state index in [9.17, 15) is 4.21 Å². The molecule has 96 valence electrons. The molecule has 0 bridgehead atoms. The lowest BCUT2D eigenvalue weighted by Gasteiger charge is -2.32. The summed E-state index contributed by atoms with van der Waals surface area (Å²) in [6.45, 7) is 8.71. The highest BCUT2D eigenvalue weighted by Gasteiger charge is 2.19. The number of nitrogens with zero attached hydrogens (tertiary/aromatic N) is 1. The van der Waals surface area contributed by atoms with Gasteiger partial charge in [0, 0.05) is 48.0 Å². The van der Waals surface area contributed by atoms with Crippen LogP contribution >= 0.6 is 0 Å². The van der Waals surface area contributed by atoms with E-state index in [1.54, 1.807) is 0 Å². The first-order chi connectivity index (χ1) is 7.74. The lowest BCUT2D eigenvalue weighted by Crippen LogP contribution is -2.47. The van der Waals surface area contributed by atoms with E-state index in [4.69, 9.17) is 0 Å². The Balaban J connectivity index is 2.05. The third-order valence-corrected chi connectivity index (χ3v) is 4.51. The summed E-state index contributed by atoms with van der Waals surface area (Å²) in [6, 6.07) is 0.582. The highest BCUT2D eigenvalue weighted by atomic mass is 32.2. The van der Waals surface area contributed by atoms with Crippen molar-refractivity contribution in [1.29, 1.82) is 0 Å². The molecular formula is C12H26N2OS. The van der Waals surface area contributed by atoms with Crippen molar-refractivity contribution in [3.05, 3.63) is 0 Å². The molecule has 1 N–H and O–H groups in total. The predicted octanol–water partition coefficient (Wildman–Crippen LogP) is 1.22. The summed E-state index contributed by atoms with van der Waals surface area (Å²) >= 11 is 0.